The highest BCUT2D eigenvalue weighted by atomic mass is 19.3. The Balaban J connectivity index is 1.51. The second kappa shape index (κ2) is 11.5. The van der Waals surface area contributed by atoms with Gasteiger partial charge in [-0.3, -0.25) is 9.59 Å². The van der Waals surface area contributed by atoms with Crippen LogP contribution in [0.1, 0.15) is 37.8 Å². The molecule has 1 aliphatic rings. The maximum atomic E-state index is 12.8. The van der Waals surface area contributed by atoms with Gasteiger partial charge < -0.3 is 19.7 Å². The summed E-state index contributed by atoms with van der Waals surface area (Å²) < 4.78 is 35.6. The largest absolute Gasteiger partial charge is 0.484 e. The van der Waals surface area contributed by atoms with Crippen LogP contribution in [0.5, 0.6) is 11.5 Å². The third kappa shape index (κ3) is 6.42. The standard InChI is InChI=1S/C24H28F2N2O4/c1-2-20(19-10-6-7-11-21(19)32-24(25)26)27-23(30)17-12-14-28(15-13-17)22(29)16-31-18-8-4-3-5-9-18/h3-11,17,20,24H,2,12-16H2,1H3,(H,27,30). The summed E-state index contributed by atoms with van der Waals surface area (Å²) in [4.78, 5) is 26.9. The predicted molar refractivity (Wildman–Crippen MR) is 115 cm³/mol. The zero-order valence-electron chi connectivity index (χ0n) is 18.0. The Hall–Kier alpha value is -3.16. The Kier molecular flexibility index (Phi) is 8.41. The van der Waals surface area contributed by atoms with Crippen molar-refractivity contribution in [2.45, 2.75) is 38.8 Å². The van der Waals surface area contributed by atoms with Crippen LogP contribution in [0.3, 0.4) is 0 Å². The van der Waals surface area contributed by atoms with Crippen molar-refractivity contribution < 1.29 is 27.8 Å². The first-order valence-electron chi connectivity index (χ1n) is 10.8. The minimum Gasteiger partial charge on any atom is -0.484 e. The zero-order valence-corrected chi connectivity index (χ0v) is 18.0. The highest BCUT2D eigenvalue weighted by Crippen LogP contribution is 2.29. The van der Waals surface area contributed by atoms with Crippen LogP contribution in [0, 0.1) is 5.92 Å². The summed E-state index contributed by atoms with van der Waals surface area (Å²) in [5.74, 6) is 0.199. The van der Waals surface area contributed by atoms with Gasteiger partial charge in [-0.2, -0.15) is 8.78 Å². The van der Waals surface area contributed by atoms with Crippen molar-refractivity contribution in [2.24, 2.45) is 5.92 Å². The molecule has 1 N–H and O–H groups in total. The number of halogens is 2. The molecule has 2 aromatic rings. The van der Waals surface area contributed by atoms with Crippen molar-refractivity contribution in [3.63, 3.8) is 0 Å². The number of piperidine rings is 1. The van der Waals surface area contributed by atoms with E-state index in [1.807, 2.05) is 25.1 Å². The van der Waals surface area contributed by atoms with E-state index in [4.69, 9.17) is 4.74 Å². The number of hydrogen-bond donors (Lipinski definition) is 1. The topological polar surface area (TPSA) is 67.9 Å². The van der Waals surface area contributed by atoms with Gasteiger partial charge in [0.25, 0.3) is 5.91 Å². The van der Waals surface area contributed by atoms with Crippen molar-refractivity contribution >= 4 is 11.8 Å². The van der Waals surface area contributed by atoms with Crippen LogP contribution in [0.15, 0.2) is 54.6 Å². The molecule has 1 unspecified atom stereocenters. The van der Waals surface area contributed by atoms with Crippen LogP contribution >= 0.6 is 0 Å². The normalized spacial score (nSPS) is 15.3. The van der Waals surface area contributed by atoms with Crippen LogP contribution in [0.4, 0.5) is 8.78 Å². The number of para-hydroxylation sites is 2. The van der Waals surface area contributed by atoms with Crippen LogP contribution < -0.4 is 14.8 Å². The lowest BCUT2D eigenvalue weighted by molar-refractivity contribution is -0.137. The van der Waals surface area contributed by atoms with Crippen LogP contribution in [0.2, 0.25) is 0 Å². The van der Waals surface area contributed by atoms with Gasteiger partial charge in [-0.25, -0.2) is 0 Å². The molecule has 1 saturated heterocycles. The van der Waals surface area contributed by atoms with Crippen molar-refractivity contribution in [2.75, 3.05) is 19.7 Å². The van der Waals surface area contributed by atoms with Gasteiger partial charge in [0.1, 0.15) is 11.5 Å². The minimum atomic E-state index is -2.93. The molecule has 0 saturated carbocycles. The van der Waals surface area contributed by atoms with Gasteiger partial charge in [-0.1, -0.05) is 43.3 Å². The molecule has 0 aliphatic carbocycles. The number of ether oxygens (including phenoxy) is 2. The highest BCUT2D eigenvalue weighted by molar-refractivity contribution is 5.81. The smallest absolute Gasteiger partial charge is 0.387 e. The van der Waals surface area contributed by atoms with Crippen molar-refractivity contribution in [1.29, 1.82) is 0 Å². The first-order valence-corrected chi connectivity index (χ1v) is 10.8. The number of rotatable bonds is 9. The lowest BCUT2D eigenvalue weighted by Crippen LogP contribution is -2.45. The van der Waals surface area contributed by atoms with Gasteiger partial charge in [0.15, 0.2) is 6.61 Å². The van der Waals surface area contributed by atoms with Crippen molar-refractivity contribution in [1.82, 2.24) is 10.2 Å². The van der Waals surface area contributed by atoms with E-state index in [9.17, 15) is 18.4 Å². The summed E-state index contributed by atoms with van der Waals surface area (Å²) in [6.07, 6.45) is 1.60. The van der Waals surface area contributed by atoms with Crippen molar-refractivity contribution in [3.8, 4) is 11.5 Å². The van der Waals surface area contributed by atoms with Gasteiger partial charge in [-0.15, -0.1) is 0 Å². The molecule has 6 nitrogen and oxygen atoms in total. The molecule has 1 heterocycles. The number of alkyl halides is 2. The van der Waals surface area contributed by atoms with Gasteiger partial charge >= 0.3 is 6.61 Å². The average Bonchev–Trinajstić information content (AvgIpc) is 2.82. The van der Waals surface area contributed by atoms with E-state index in [0.29, 0.717) is 43.7 Å². The lowest BCUT2D eigenvalue weighted by Gasteiger charge is -2.32. The molecule has 2 amide bonds. The first kappa shape index (κ1) is 23.5. The summed E-state index contributed by atoms with van der Waals surface area (Å²) in [5, 5.41) is 2.97. The summed E-state index contributed by atoms with van der Waals surface area (Å²) in [7, 11) is 0. The third-order valence-electron chi connectivity index (χ3n) is 5.56. The molecular weight excluding hydrogens is 418 g/mol. The van der Waals surface area contributed by atoms with Crippen LogP contribution in [0.25, 0.3) is 0 Å². The maximum absolute atomic E-state index is 12.8. The van der Waals surface area contributed by atoms with Crippen molar-refractivity contribution in [3.05, 3.63) is 60.2 Å². The maximum Gasteiger partial charge on any atom is 0.387 e. The molecule has 0 bridgehead atoms. The Morgan fingerprint density at radius 1 is 1.06 bits per heavy atom. The van der Waals surface area contributed by atoms with E-state index < -0.39 is 12.7 Å². The van der Waals surface area contributed by atoms with Gasteiger partial charge in [0.05, 0.1) is 6.04 Å². The Labute approximate surface area is 186 Å². The lowest BCUT2D eigenvalue weighted by atomic mass is 9.94. The molecule has 0 radical (unpaired) electrons. The Morgan fingerprint density at radius 3 is 2.38 bits per heavy atom. The molecule has 2 aromatic carbocycles. The fourth-order valence-corrected chi connectivity index (χ4v) is 3.81. The van der Waals surface area contributed by atoms with Crippen LogP contribution in [-0.2, 0) is 9.59 Å². The number of carbonyl (C=O) groups is 2. The van der Waals surface area contributed by atoms with Gasteiger partial charge in [-0.05, 0) is 37.5 Å². The zero-order chi connectivity index (χ0) is 22.9. The first-order chi connectivity index (χ1) is 15.5. The number of benzene rings is 2. The fourth-order valence-electron chi connectivity index (χ4n) is 3.81. The van der Waals surface area contributed by atoms with Crippen LogP contribution in [-0.4, -0.2) is 43.0 Å². The SMILES string of the molecule is CCC(NC(=O)C1CCN(C(=O)COc2ccccc2)CC1)c1ccccc1OC(F)F. The molecule has 0 aromatic heterocycles. The number of hydrogen-bond acceptors (Lipinski definition) is 4. The molecule has 8 heteroatoms. The third-order valence-corrected chi connectivity index (χ3v) is 5.56. The molecule has 1 atom stereocenters. The van der Waals surface area contributed by atoms with E-state index in [0.717, 1.165) is 0 Å². The molecule has 3 rings (SSSR count). The average molecular weight is 446 g/mol. The van der Waals surface area contributed by atoms with E-state index in [-0.39, 0.29) is 30.1 Å². The molecular formula is C24H28F2N2O4. The van der Waals surface area contributed by atoms with Gasteiger partial charge in [0, 0.05) is 24.6 Å². The molecule has 1 fully saturated rings. The van der Waals surface area contributed by atoms with E-state index >= 15 is 0 Å². The van der Waals surface area contributed by atoms with E-state index in [2.05, 4.69) is 10.1 Å². The molecule has 172 valence electrons. The predicted octanol–water partition coefficient (Wildman–Crippen LogP) is 4.17. The number of carbonyl (C=O) groups excluding carboxylic acids is 2. The molecule has 0 spiro atoms. The molecule has 1 aliphatic heterocycles. The molecule has 32 heavy (non-hydrogen) atoms. The number of likely N-dealkylation sites (tertiary alicyclic amines) is 1. The number of amides is 2. The minimum absolute atomic E-state index is 0.0420. The summed E-state index contributed by atoms with van der Waals surface area (Å²) in [5.41, 5.74) is 0.523. The Bertz CT molecular complexity index is 887. The summed E-state index contributed by atoms with van der Waals surface area (Å²) in [6, 6.07) is 15.2. The van der Waals surface area contributed by atoms with E-state index in [1.165, 1.54) is 6.07 Å². The second-order valence-electron chi connectivity index (χ2n) is 7.64. The Morgan fingerprint density at radius 2 is 1.72 bits per heavy atom. The highest BCUT2D eigenvalue weighted by Gasteiger charge is 2.29. The monoisotopic (exact) mass is 446 g/mol. The summed E-state index contributed by atoms with van der Waals surface area (Å²) >= 11 is 0. The number of nitrogens with one attached hydrogen (secondary N) is 1. The summed E-state index contributed by atoms with van der Waals surface area (Å²) in [6.45, 7) is -0.164. The fraction of sp³-hybridized carbons (Fsp3) is 0.417. The van der Waals surface area contributed by atoms with E-state index in [1.54, 1.807) is 35.2 Å². The quantitative estimate of drug-likeness (QED) is 0.628. The second-order valence-corrected chi connectivity index (χ2v) is 7.64. The number of nitrogens with zero attached hydrogens (tertiary/aromatic N) is 1. The van der Waals surface area contributed by atoms with Gasteiger partial charge in [0.2, 0.25) is 5.91 Å².